The minimum Gasteiger partial charge on any atom is -0.480 e. The zero-order chi connectivity index (χ0) is 27.2. The number of aromatic nitrogens is 3. The van der Waals surface area contributed by atoms with Gasteiger partial charge in [0.1, 0.15) is 18.1 Å². The van der Waals surface area contributed by atoms with E-state index in [1.807, 2.05) is 24.3 Å². The van der Waals surface area contributed by atoms with Crippen LogP contribution in [0, 0.1) is 0 Å². The van der Waals surface area contributed by atoms with E-state index in [-0.39, 0.29) is 24.5 Å². The number of amides is 3. The summed E-state index contributed by atoms with van der Waals surface area (Å²) in [6.45, 7) is 0.377. The summed E-state index contributed by atoms with van der Waals surface area (Å²) in [4.78, 5) is 62.7. The van der Waals surface area contributed by atoms with Gasteiger partial charge >= 0.3 is 5.97 Å². The Morgan fingerprint density at radius 2 is 1.95 bits per heavy atom. The lowest BCUT2D eigenvalue weighted by Gasteiger charge is -2.28. The zero-order valence-corrected chi connectivity index (χ0v) is 21.5. The Morgan fingerprint density at radius 1 is 1.16 bits per heavy atom. The van der Waals surface area contributed by atoms with E-state index >= 15 is 0 Å². The van der Waals surface area contributed by atoms with Gasteiger partial charge in [-0.3, -0.25) is 14.4 Å². The first kappa shape index (κ1) is 27.2. The van der Waals surface area contributed by atoms with E-state index in [0.29, 0.717) is 25.1 Å². The molecule has 0 spiro atoms. The predicted octanol–water partition coefficient (Wildman–Crippen LogP) is -0.0215. The second-order valence-electron chi connectivity index (χ2n) is 9.28. The minimum atomic E-state index is -1.24. The first-order valence-corrected chi connectivity index (χ1v) is 12.9. The number of nitrogens with one attached hydrogen (secondary N) is 4. The fourth-order valence-electron chi connectivity index (χ4n) is 4.68. The molecular formula is C25H31N7O5S. The van der Waals surface area contributed by atoms with E-state index < -0.39 is 42.0 Å². The highest BCUT2D eigenvalue weighted by molar-refractivity contribution is 7.80. The molecule has 0 aliphatic carbocycles. The zero-order valence-electron chi connectivity index (χ0n) is 20.6. The lowest BCUT2D eigenvalue weighted by Crippen LogP contribution is -2.57. The maximum Gasteiger partial charge on any atom is 0.326 e. The first-order valence-electron chi connectivity index (χ1n) is 12.3. The van der Waals surface area contributed by atoms with Gasteiger partial charge in [-0.1, -0.05) is 18.2 Å². The van der Waals surface area contributed by atoms with E-state index in [2.05, 4.69) is 38.2 Å². The third-order valence-corrected chi connectivity index (χ3v) is 7.07. The largest absolute Gasteiger partial charge is 0.480 e. The van der Waals surface area contributed by atoms with Gasteiger partial charge in [-0.25, -0.2) is 9.78 Å². The van der Waals surface area contributed by atoms with E-state index in [4.69, 9.17) is 5.73 Å². The highest BCUT2D eigenvalue weighted by atomic mass is 32.1. The number of rotatable bonds is 11. The summed E-state index contributed by atoms with van der Waals surface area (Å²) in [6.07, 6.45) is 5.82. The number of hydrogen-bond donors (Lipinski definition) is 7. The number of nitrogens with two attached hydrogens (primary N) is 1. The summed E-state index contributed by atoms with van der Waals surface area (Å²) in [6, 6.07) is 3.51. The average molecular weight is 542 g/mol. The van der Waals surface area contributed by atoms with Crippen molar-refractivity contribution in [2.24, 2.45) is 5.73 Å². The molecule has 1 aliphatic heterocycles. The third-order valence-electron chi connectivity index (χ3n) is 6.68. The van der Waals surface area contributed by atoms with Crippen LogP contribution >= 0.6 is 12.6 Å². The Hall–Kier alpha value is -3.84. The number of thiol groups is 1. The number of hydrogen-bond acceptors (Lipinski definition) is 7. The molecule has 0 radical (unpaired) electrons. The number of imidazole rings is 1. The van der Waals surface area contributed by atoms with Gasteiger partial charge in [-0.15, -0.1) is 0 Å². The minimum absolute atomic E-state index is 0.0440. The number of carboxylic acid groups (broad SMARTS) is 1. The predicted molar refractivity (Wildman–Crippen MR) is 142 cm³/mol. The van der Waals surface area contributed by atoms with Crippen molar-refractivity contribution in [3.63, 3.8) is 0 Å². The van der Waals surface area contributed by atoms with Crippen LogP contribution in [0.2, 0.25) is 0 Å². The summed E-state index contributed by atoms with van der Waals surface area (Å²) in [7, 11) is 0. The molecular weight excluding hydrogens is 510 g/mol. The van der Waals surface area contributed by atoms with E-state index in [1.165, 1.54) is 17.4 Å². The molecule has 12 nitrogen and oxygen atoms in total. The molecule has 1 aromatic carbocycles. The molecule has 0 saturated carbocycles. The summed E-state index contributed by atoms with van der Waals surface area (Å²) in [5.41, 5.74) is 8.01. The molecule has 7 N–H and O–H groups in total. The Morgan fingerprint density at radius 3 is 2.66 bits per heavy atom. The first-order chi connectivity index (χ1) is 18.3. The number of nitrogens with zero attached hydrogens (tertiary/aromatic N) is 2. The van der Waals surface area contributed by atoms with Crippen LogP contribution in [0.5, 0.6) is 0 Å². The number of aliphatic carboxylic acids is 1. The summed E-state index contributed by atoms with van der Waals surface area (Å²) in [5, 5.41) is 16.0. The van der Waals surface area contributed by atoms with Gasteiger partial charge in [-0.05, 0) is 24.5 Å². The molecule has 13 heteroatoms. The van der Waals surface area contributed by atoms with Crippen molar-refractivity contribution in [2.75, 3.05) is 12.3 Å². The average Bonchev–Trinajstić information content (AvgIpc) is 3.68. The van der Waals surface area contributed by atoms with Gasteiger partial charge < -0.3 is 36.3 Å². The van der Waals surface area contributed by atoms with Gasteiger partial charge in [0, 0.05) is 54.1 Å². The summed E-state index contributed by atoms with van der Waals surface area (Å²) < 4.78 is 0. The molecule has 4 unspecified atom stereocenters. The molecule has 3 aromatic rings. The number of aromatic amines is 2. The van der Waals surface area contributed by atoms with Gasteiger partial charge in [0.05, 0.1) is 12.4 Å². The molecule has 38 heavy (non-hydrogen) atoms. The van der Waals surface area contributed by atoms with Crippen LogP contribution in [0.25, 0.3) is 10.9 Å². The van der Waals surface area contributed by atoms with Crippen LogP contribution in [0.3, 0.4) is 0 Å². The fraction of sp³-hybridized carbons (Fsp3) is 0.400. The van der Waals surface area contributed by atoms with Crippen molar-refractivity contribution in [1.82, 2.24) is 30.5 Å². The van der Waals surface area contributed by atoms with E-state index in [9.17, 15) is 24.3 Å². The Kier molecular flexibility index (Phi) is 8.69. The van der Waals surface area contributed by atoms with Crippen LogP contribution in [0.4, 0.5) is 0 Å². The lowest BCUT2D eigenvalue weighted by molar-refractivity contribution is -0.143. The molecule has 2 aromatic heterocycles. The SMILES string of the molecule is NC(CS)C(=O)N1CCCC1C(=O)NC(Cc1cnc[nH]1)C(=O)NC(Cc1c[nH]c2ccccc12)C(=O)O. The van der Waals surface area contributed by atoms with E-state index in [0.717, 1.165) is 16.5 Å². The number of carbonyl (C=O) groups excluding carboxylic acids is 3. The van der Waals surface area contributed by atoms with Crippen molar-refractivity contribution in [2.45, 2.75) is 49.9 Å². The van der Waals surface area contributed by atoms with Crippen molar-refractivity contribution < 1.29 is 24.3 Å². The van der Waals surface area contributed by atoms with Crippen LogP contribution in [-0.2, 0) is 32.0 Å². The summed E-state index contributed by atoms with van der Waals surface area (Å²) in [5.74, 6) is -2.62. The second-order valence-corrected chi connectivity index (χ2v) is 9.65. The normalized spacial score (nSPS) is 17.6. The summed E-state index contributed by atoms with van der Waals surface area (Å²) >= 11 is 4.07. The monoisotopic (exact) mass is 541 g/mol. The molecule has 4 atom stereocenters. The number of H-pyrrole nitrogens is 2. The van der Waals surface area contributed by atoms with Crippen molar-refractivity contribution >= 4 is 47.2 Å². The molecule has 3 heterocycles. The maximum absolute atomic E-state index is 13.4. The standard InChI is InChI=1S/C25H31N7O5S/c26-17(12-38)24(35)32-7-3-6-21(32)23(34)30-19(9-15-11-27-13-29-15)22(33)31-20(25(36)37)8-14-10-28-18-5-2-1-4-16(14)18/h1-2,4-5,10-11,13,17,19-21,28,38H,3,6-9,12,26H2,(H,27,29)(H,30,34)(H,31,33)(H,36,37). The molecule has 1 aliphatic rings. The Balaban J connectivity index is 1.50. The van der Waals surface area contributed by atoms with Crippen LogP contribution in [-0.4, -0.2) is 85.1 Å². The van der Waals surface area contributed by atoms with Crippen molar-refractivity contribution in [3.8, 4) is 0 Å². The molecule has 1 fully saturated rings. The van der Waals surface area contributed by atoms with Crippen LogP contribution in [0.15, 0.2) is 43.0 Å². The number of carbonyl (C=O) groups is 4. The van der Waals surface area contributed by atoms with Gasteiger partial charge in [0.15, 0.2) is 0 Å². The number of para-hydroxylation sites is 1. The Labute approximate surface area is 224 Å². The van der Waals surface area contributed by atoms with Crippen molar-refractivity contribution in [1.29, 1.82) is 0 Å². The van der Waals surface area contributed by atoms with E-state index in [1.54, 1.807) is 6.20 Å². The maximum atomic E-state index is 13.4. The quantitative estimate of drug-likeness (QED) is 0.166. The van der Waals surface area contributed by atoms with Gasteiger partial charge in [-0.2, -0.15) is 12.6 Å². The van der Waals surface area contributed by atoms with Crippen LogP contribution in [0.1, 0.15) is 24.1 Å². The number of fused-ring (bicyclic) bond motifs is 1. The van der Waals surface area contributed by atoms with Crippen LogP contribution < -0.4 is 16.4 Å². The number of likely N-dealkylation sites (tertiary alicyclic amines) is 1. The molecule has 1 saturated heterocycles. The van der Waals surface area contributed by atoms with Crippen molar-refractivity contribution in [3.05, 3.63) is 54.2 Å². The second kappa shape index (κ2) is 12.1. The number of benzene rings is 1. The third kappa shape index (κ3) is 6.17. The van der Waals surface area contributed by atoms with Gasteiger partial charge in [0.25, 0.3) is 0 Å². The highest BCUT2D eigenvalue weighted by Gasteiger charge is 2.38. The fourth-order valence-corrected chi connectivity index (χ4v) is 4.84. The number of carboxylic acids is 1. The topological polar surface area (TPSA) is 186 Å². The molecule has 202 valence electrons. The molecule has 3 amide bonds. The Bertz CT molecular complexity index is 1290. The molecule has 0 bridgehead atoms. The highest BCUT2D eigenvalue weighted by Crippen LogP contribution is 2.20. The van der Waals surface area contributed by atoms with Gasteiger partial charge in [0.2, 0.25) is 17.7 Å². The lowest BCUT2D eigenvalue weighted by atomic mass is 10.0. The smallest absolute Gasteiger partial charge is 0.326 e. The molecule has 4 rings (SSSR count).